The van der Waals surface area contributed by atoms with Crippen LogP contribution in [0, 0.1) is 20.8 Å². The van der Waals surface area contributed by atoms with E-state index in [1.54, 1.807) is 0 Å². The van der Waals surface area contributed by atoms with E-state index in [0.29, 0.717) is 0 Å². The third kappa shape index (κ3) is 4.62. The van der Waals surface area contributed by atoms with Gasteiger partial charge in [0.05, 0.1) is 0 Å². The molecule has 1 aliphatic carbocycles. The van der Waals surface area contributed by atoms with Gasteiger partial charge in [-0.3, -0.25) is 0 Å². The van der Waals surface area contributed by atoms with Crippen molar-refractivity contribution in [3.63, 3.8) is 0 Å². The number of para-hydroxylation sites is 1. The van der Waals surface area contributed by atoms with Crippen LogP contribution >= 0.6 is 0 Å². The molecule has 1 heteroatoms. The van der Waals surface area contributed by atoms with Crippen LogP contribution in [0.1, 0.15) is 16.7 Å². The zero-order valence-electron chi connectivity index (χ0n) is 27.5. The third-order valence-electron chi connectivity index (χ3n) is 10.3. The fourth-order valence-corrected chi connectivity index (χ4v) is 7.48. The summed E-state index contributed by atoms with van der Waals surface area (Å²) in [5.74, 6) is 0. The van der Waals surface area contributed by atoms with E-state index in [9.17, 15) is 0 Å². The van der Waals surface area contributed by atoms with Gasteiger partial charge in [-0.15, -0.1) is 0 Å². The summed E-state index contributed by atoms with van der Waals surface area (Å²) in [5.41, 5.74) is 17.8. The monoisotopic (exact) mass is 613 g/mol. The van der Waals surface area contributed by atoms with Crippen molar-refractivity contribution in [1.29, 1.82) is 0 Å². The lowest BCUT2D eigenvalue weighted by Crippen LogP contribution is -2.11. The van der Waals surface area contributed by atoms with Crippen molar-refractivity contribution in [2.75, 3.05) is 4.90 Å². The Balaban J connectivity index is 1.17. The Morgan fingerprint density at radius 1 is 0.312 bits per heavy atom. The fraction of sp³-hybridized carbons (Fsp3) is 0.0638. The minimum absolute atomic E-state index is 1.16. The van der Waals surface area contributed by atoms with Crippen molar-refractivity contribution in [2.24, 2.45) is 0 Å². The molecule has 0 saturated heterocycles. The maximum Gasteiger partial charge on any atom is 0.0468 e. The van der Waals surface area contributed by atoms with Gasteiger partial charge in [-0.1, -0.05) is 84.9 Å². The van der Waals surface area contributed by atoms with Crippen molar-refractivity contribution in [3.05, 3.63) is 174 Å². The molecule has 0 N–H and O–H groups in total. The molecule has 0 saturated carbocycles. The van der Waals surface area contributed by atoms with Crippen molar-refractivity contribution >= 4 is 38.6 Å². The Morgan fingerprint density at radius 2 is 0.729 bits per heavy atom. The quantitative estimate of drug-likeness (QED) is 0.187. The SMILES string of the molecule is Cc1cc(N(c2ccccc2)c2ccc3cc4c(cc3c2)-c2cc3cc(-c5ccccc5)c(-c5ccccc5)cc3cc2-4)cc(C)c1C. The first-order valence-corrected chi connectivity index (χ1v) is 16.8. The van der Waals surface area contributed by atoms with E-state index >= 15 is 0 Å². The number of hydrogen-bond donors (Lipinski definition) is 0. The van der Waals surface area contributed by atoms with E-state index in [1.807, 2.05) is 0 Å². The zero-order chi connectivity index (χ0) is 32.4. The number of fused-ring (bicyclic) bond motifs is 6. The summed E-state index contributed by atoms with van der Waals surface area (Å²) >= 11 is 0. The van der Waals surface area contributed by atoms with E-state index < -0.39 is 0 Å². The molecule has 0 unspecified atom stereocenters. The first kappa shape index (κ1) is 28.3. The van der Waals surface area contributed by atoms with Gasteiger partial charge >= 0.3 is 0 Å². The minimum atomic E-state index is 1.16. The Bertz CT molecular complexity index is 2490. The first-order valence-electron chi connectivity index (χ1n) is 16.8. The molecular formula is C47H35N. The first-order chi connectivity index (χ1) is 23.5. The van der Waals surface area contributed by atoms with Crippen LogP contribution in [0.15, 0.2) is 158 Å². The maximum atomic E-state index is 2.40. The van der Waals surface area contributed by atoms with Crippen molar-refractivity contribution in [2.45, 2.75) is 20.8 Å². The summed E-state index contributed by atoms with van der Waals surface area (Å²) in [6.07, 6.45) is 0. The summed E-state index contributed by atoms with van der Waals surface area (Å²) in [4.78, 5) is 2.38. The lowest BCUT2D eigenvalue weighted by atomic mass is 9.77. The molecule has 0 amide bonds. The highest BCUT2D eigenvalue weighted by atomic mass is 15.1. The maximum absolute atomic E-state index is 2.40. The van der Waals surface area contributed by atoms with Gasteiger partial charge in [-0.2, -0.15) is 0 Å². The van der Waals surface area contributed by atoms with Crippen LogP contribution < -0.4 is 4.90 Å². The van der Waals surface area contributed by atoms with E-state index in [0.717, 1.165) is 11.4 Å². The normalized spacial score (nSPS) is 11.6. The van der Waals surface area contributed by atoms with E-state index in [-0.39, 0.29) is 0 Å². The van der Waals surface area contributed by atoms with Gasteiger partial charge in [0, 0.05) is 17.1 Å². The van der Waals surface area contributed by atoms with E-state index in [4.69, 9.17) is 0 Å². The van der Waals surface area contributed by atoms with Gasteiger partial charge < -0.3 is 4.90 Å². The molecule has 0 atom stereocenters. The predicted octanol–water partition coefficient (Wildman–Crippen LogP) is 13.4. The lowest BCUT2D eigenvalue weighted by molar-refractivity contribution is 1.22. The molecule has 1 aliphatic rings. The van der Waals surface area contributed by atoms with Gasteiger partial charge in [0.25, 0.3) is 0 Å². The van der Waals surface area contributed by atoms with Crippen LogP contribution in [0.4, 0.5) is 17.1 Å². The lowest BCUT2D eigenvalue weighted by Gasteiger charge is -2.28. The van der Waals surface area contributed by atoms with Crippen LogP contribution in [0.25, 0.3) is 66.1 Å². The number of anilines is 3. The zero-order valence-corrected chi connectivity index (χ0v) is 27.5. The van der Waals surface area contributed by atoms with Gasteiger partial charge in [0.1, 0.15) is 0 Å². The second-order valence-corrected chi connectivity index (χ2v) is 13.2. The average molecular weight is 614 g/mol. The molecule has 0 fully saturated rings. The predicted molar refractivity (Wildman–Crippen MR) is 206 cm³/mol. The molecule has 1 nitrogen and oxygen atoms in total. The van der Waals surface area contributed by atoms with Gasteiger partial charge in [0.15, 0.2) is 0 Å². The van der Waals surface area contributed by atoms with Crippen molar-refractivity contribution in [3.8, 4) is 44.5 Å². The van der Waals surface area contributed by atoms with Crippen molar-refractivity contribution < 1.29 is 0 Å². The standard InChI is InChI=1S/C47H35N/c1-30-21-41(22-31(2)32(30)3)48(39-17-11-6-12-18-39)40-20-19-35-24-44-45(27-36(35)23-40)47-29-38-26-43(34-15-9-5-10-16-34)42(25-37(38)28-46(44)47)33-13-7-4-8-14-33/h4-29H,1-3H3. The molecule has 0 aromatic heterocycles. The molecule has 0 spiro atoms. The molecule has 8 aromatic carbocycles. The molecule has 0 radical (unpaired) electrons. The highest BCUT2D eigenvalue weighted by Gasteiger charge is 2.25. The largest absolute Gasteiger partial charge is 0.310 e. The molecule has 228 valence electrons. The highest BCUT2D eigenvalue weighted by Crippen LogP contribution is 2.51. The minimum Gasteiger partial charge on any atom is -0.310 e. The number of nitrogens with zero attached hydrogens (tertiary/aromatic N) is 1. The number of benzene rings is 8. The van der Waals surface area contributed by atoms with Crippen LogP contribution in [-0.4, -0.2) is 0 Å². The summed E-state index contributed by atoms with van der Waals surface area (Å²) < 4.78 is 0. The Labute approximate surface area is 282 Å². The molecular weight excluding hydrogens is 579 g/mol. The summed E-state index contributed by atoms with van der Waals surface area (Å²) in [6, 6.07) is 58.1. The van der Waals surface area contributed by atoms with Crippen LogP contribution in [0.3, 0.4) is 0 Å². The fourth-order valence-electron chi connectivity index (χ4n) is 7.48. The molecule has 8 aromatic rings. The molecule has 0 bridgehead atoms. The number of rotatable bonds is 5. The second-order valence-electron chi connectivity index (χ2n) is 13.2. The third-order valence-corrected chi connectivity index (χ3v) is 10.3. The van der Waals surface area contributed by atoms with Crippen molar-refractivity contribution in [1.82, 2.24) is 0 Å². The Hall–Kier alpha value is -5.92. The van der Waals surface area contributed by atoms with Crippen LogP contribution in [-0.2, 0) is 0 Å². The second kappa shape index (κ2) is 11.1. The number of hydrogen-bond acceptors (Lipinski definition) is 1. The molecule has 0 aliphatic heterocycles. The number of aryl methyl sites for hydroxylation is 2. The Kier molecular flexibility index (Phi) is 6.55. The van der Waals surface area contributed by atoms with Crippen LogP contribution in [0.2, 0.25) is 0 Å². The van der Waals surface area contributed by atoms with Gasteiger partial charge in [-0.25, -0.2) is 0 Å². The van der Waals surface area contributed by atoms with Gasteiger partial charge in [-0.05, 0) is 176 Å². The van der Waals surface area contributed by atoms with E-state index in [2.05, 4.69) is 183 Å². The molecule has 9 rings (SSSR count). The smallest absolute Gasteiger partial charge is 0.0468 e. The van der Waals surface area contributed by atoms with Crippen LogP contribution in [0.5, 0.6) is 0 Å². The summed E-state index contributed by atoms with van der Waals surface area (Å²) in [5, 5.41) is 5.06. The van der Waals surface area contributed by atoms with E-state index in [1.165, 1.54) is 88.4 Å². The summed E-state index contributed by atoms with van der Waals surface area (Å²) in [6.45, 7) is 6.63. The topological polar surface area (TPSA) is 3.24 Å². The summed E-state index contributed by atoms with van der Waals surface area (Å²) in [7, 11) is 0. The highest BCUT2D eigenvalue weighted by molar-refractivity contribution is 6.13. The molecule has 48 heavy (non-hydrogen) atoms. The van der Waals surface area contributed by atoms with Gasteiger partial charge in [0.2, 0.25) is 0 Å². The average Bonchev–Trinajstić information content (AvgIpc) is 3.13. The Morgan fingerprint density at radius 3 is 1.23 bits per heavy atom. The molecule has 0 heterocycles.